The van der Waals surface area contributed by atoms with Crippen LogP contribution in [0, 0.1) is 0 Å². The third-order valence-electron chi connectivity index (χ3n) is 4.48. The number of piperazine rings is 1. The van der Waals surface area contributed by atoms with Crippen molar-refractivity contribution in [2.75, 3.05) is 38.2 Å². The maximum absolute atomic E-state index is 13.6. The van der Waals surface area contributed by atoms with Gasteiger partial charge in [0, 0.05) is 44.5 Å². The first-order chi connectivity index (χ1) is 12.5. The standard InChI is InChI=1S/C19H22F3N3O/c1-26-18-9-5-8-17(14-18)23-10-12-24(13-11-23)25(19(20,21)22)15-16-6-3-2-4-7-16/h2-9,14H,10-13,15H2,1H3. The van der Waals surface area contributed by atoms with E-state index in [1.54, 1.807) is 37.4 Å². The Morgan fingerprint density at radius 1 is 0.962 bits per heavy atom. The first-order valence-corrected chi connectivity index (χ1v) is 8.49. The molecular formula is C19H22F3N3O. The topological polar surface area (TPSA) is 19.0 Å². The summed E-state index contributed by atoms with van der Waals surface area (Å²) in [6, 6.07) is 16.3. The minimum absolute atomic E-state index is 0.177. The molecule has 0 spiro atoms. The molecule has 3 rings (SSSR count). The Balaban J connectivity index is 1.67. The average molecular weight is 365 g/mol. The van der Waals surface area contributed by atoms with Gasteiger partial charge in [0.05, 0.1) is 7.11 Å². The highest BCUT2D eigenvalue weighted by atomic mass is 19.4. The van der Waals surface area contributed by atoms with Crippen LogP contribution >= 0.6 is 0 Å². The van der Waals surface area contributed by atoms with E-state index in [0.29, 0.717) is 36.8 Å². The van der Waals surface area contributed by atoms with E-state index in [1.165, 1.54) is 5.01 Å². The van der Waals surface area contributed by atoms with Gasteiger partial charge in [-0.25, -0.2) is 5.01 Å². The highest BCUT2D eigenvalue weighted by Crippen LogP contribution is 2.28. The summed E-state index contributed by atoms with van der Waals surface area (Å²) in [5.41, 5.74) is 1.60. The van der Waals surface area contributed by atoms with Crippen LogP contribution < -0.4 is 9.64 Å². The minimum atomic E-state index is -4.41. The Bertz CT molecular complexity index is 701. The Kier molecular flexibility index (Phi) is 5.68. The van der Waals surface area contributed by atoms with E-state index in [4.69, 9.17) is 4.74 Å². The molecule has 0 aromatic heterocycles. The van der Waals surface area contributed by atoms with E-state index in [2.05, 4.69) is 4.90 Å². The second kappa shape index (κ2) is 7.97. The molecule has 0 amide bonds. The van der Waals surface area contributed by atoms with Gasteiger partial charge in [-0.15, -0.1) is 5.01 Å². The van der Waals surface area contributed by atoms with Crippen LogP contribution in [0.15, 0.2) is 54.6 Å². The van der Waals surface area contributed by atoms with Crippen molar-refractivity contribution in [3.63, 3.8) is 0 Å². The molecule has 1 fully saturated rings. The smallest absolute Gasteiger partial charge is 0.473 e. The fraction of sp³-hybridized carbons (Fsp3) is 0.368. The quantitative estimate of drug-likeness (QED) is 0.751. The molecule has 0 unspecified atom stereocenters. The number of hydrogen-bond donors (Lipinski definition) is 0. The van der Waals surface area contributed by atoms with Gasteiger partial charge in [-0.1, -0.05) is 36.4 Å². The van der Waals surface area contributed by atoms with Crippen molar-refractivity contribution >= 4 is 5.69 Å². The lowest BCUT2D eigenvalue weighted by Crippen LogP contribution is -2.57. The molecule has 140 valence electrons. The summed E-state index contributed by atoms with van der Waals surface area (Å²) in [5.74, 6) is 0.742. The number of methoxy groups -OCH3 is 1. The highest BCUT2D eigenvalue weighted by Gasteiger charge is 2.42. The molecule has 0 aliphatic carbocycles. The Morgan fingerprint density at radius 3 is 2.27 bits per heavy atom. The molecule has 2 aromatic carbocycles. The Morgan fingerprint density at radius 2 is 1.65 bits per heavy atom. The molecule has 7 heteroatoms. The molecule has 1 saturated heterocycles. The third kappa shape index (κ3) is 4.47. The van der Waals surface area contributed by atoms with E-state index >= 15 is 0 Å². The summed E-state index contributed by atoms with van der Waals surface area (Å²) in [4.78, 5) is 2.08. The van der Waals surface area contributed by atoms with E-state index in [0.717, 1.165) is 11.4 Å². The van der Waals surface area contributed by atoms with E-state index in [1.807, 2.05) is 24.3 Å². The third-order valence-corrected chi connectivity index (χ3v) is 4.48. The number of benzene rings is 2. The van der Waals surface area contributed by atoms with Gasteiger partial charge in [0.25, 0.3) is 0 Å². The zero-order valence-electron chi connectivity index (χ0n) is 14.6. The Hall–Kier alpha value is -2.25. The van der Waals surface area contributed by atoms with Gasteiger partial charge in [0.15, 0.2) is 0 Å². The van der Waals surface area contributed by atoms with E-state index < -0.39 is 6.30 Å². The van der Waals surface area contributed by atoms with Gasteiger partial charge in [-0.2, -0.15) is 13.2 Å². The van der Waals surface area contributed by atoms with Crippen LogP contribution in [0.3, 0.4) is 0 Å². The van der Waals surface area contributed by atoms with Crippen LogP contribution in [0.5, 0.6) is 5.75 Å². The summed E-state index contributed by atoms with van der Waals surface area (Å²) in [7, 11) is 1.60. The van der Waals surface area contributed by atoms with E-state index in [-0.39, 0.29) is 6.54 Å². The first-order valence-electron chi connectivity index (χ1n) is 8.49. The summed E-state index contributed by atoms with van der Waals surface area (Å²) in [6.07, 6.45) is -4.41. The van der Waals surface area contributed by atoms with Gasteiger partial charge in [-0.05, 0) is 17.7 Å². The molecule has 0 bridgehead atoms. The molecule has 1 aliphatic heterocycles. The van der Waals surface area contributed by atoms with Crippen LogP contribution in [0.25, 0.3) is 0 Å². The number of ether oxygens (including phenoxy) is 1. The minimum Gasteiger partial charge on any atom is -0.497 e. The Labute approximate surface area is 151 Å². The van der Waals surface area contributed by atoms with Gasteiger partial charge in [0.2, 0.25) is 0 Å². The summed E-state index contributed by atoms with van der Waals surface area (Å²) in [5, 5.41) is 1.91. The fourth-order valence-corrected chi connectivity index (χ4v) is 3.11. The van der Waals surface area contributed by atoms with Crippen LogP contribution in [0.4, 0.5) is 18.9 Å². The largest absolute Gasteiger partial charge is 0.497 e. The summed E-state index contributed by atoms with van der Waals surface area (Å²) < 4.78 is 45.9. The predicted molar refractivity (Wildman–Crippen MR) is 94.8 cm³/mol. The normalized spacial score (nSPS) is 16.1. The molecular weight excluding hydrogens is 343 g/mol. The lowest BCUT2D eigenvalue weighted by molar-refractivity contribution is -0.319. The highest BCUT2D eigenvalue weighted by molar-refractivity contribution is 5.51. The number of nitrogens with zero attached hydrogens (tertiary/aromatic N) is 3. The van der Waals surface area contributed by atoms with E-state index in [9.17, 15) is 13.2 Å². The maximum Gasteiger partial charge on any atom is 0.473 e. The van der Waals surface area contributed by atoms with Crippen molar-refractivity contribution in [3.8, 4) is 5.75 Å². The fourth-order valence-electron chi connectivity index (χ4n) is 3.11. The van der Waals surface area contributed by atoms with Crippen molar-refractivity contribution in [1.82, 2.24) is 10.0 Å². The summed E-state index contributed by atoms with van der Waals surface area (Å²) in [6.45, 7) is 1.49. The van der Waals surface area contributed by atoms with Crippen LogP contribution in [0.2, 0.25) is 0 Å². The van der Waals surface area contributed by atoms with Crippen LogP contribution in [0.1, 0.15) is 5.56 Å². The van der Waals surface area contributed by atoms with Crippen LogP contribution in [-0.4, -0.2) is 49.6 Å². The molecule has 1 aliphatic rings. The lowest BCUT2D eigenvalue weighted by atomic mass is 10.2. The second-order valence-corrected chi connectivity index (χ2v) is 6.15. The molecule has 26 heavy (non-hydrogen) atoms. The number of hydrogen-bond acceptors (Lipinski definition) is 4. The van der Waals surface area contributed by atoms with Gasteiger partial charge < -0.3 is 9.64 Å². The number of rotatable bonds is 5. The molecule has 4 nitrogen and oxygen atoms in total. The van der Waals surface area contributed by atoms with Crippen molar-refractivity contribution in [2.24, 2.45) is 0 Å². The lowest BCUT2D eigenvalue weighted by Gasteiger charge is -2.42. The zero-order chi connectivity index (χ0) is 18.6. The second-order valence-electron chi connectivity index (χ2n) is 6.15. The summed E-state index contributed by atoms with van der Waals surface area (Å²) >= 11 is 0. The van der Waals surface area contributed by atoms with Gasteiger partial charge in [-0.3, -0.25) is 0 Å². The van der Waals surface area contributed by atoms with Crippen molar-refractivity contribution in [2.45, 2.75) is 12.8 Å². The number of alkyl halides is 3. The SMILES string of the molecule is COc1cccc(N2CCN(N(Cc3ccccc3)C(F)(F)F)CC2)c1. The van der Waals surface area contributed by atoms with Gasteiger partial charge >= 0.3 is 6.30 Å². The van der Waals surface area contributed by atoms with Crippen molar-refractivity contribution in [3.05, 3.63) is 60.2 Å². The molecule has 0 saturated carbocycles. The van der Waals surface area contributed by atoms with Crippen molar-refractivity contribution in [1.29, 1.82) is 0 Å². The van der Waals surface area contributed by atoms with Crippen molar-refractivity contribution < 1.29 is 17.9 Å². The average Bonchev–Trinajstić information content (AvgIpc) is 2.66. The molecule has 0 N–H and O–H groups in total. The van der Waals surface area contributed by atoms with Crippen LogP contribution in [-0.2, 0) is 6.54 Å². The molecule has 1 heterocycles. The number of halogens is 3. The van der Waals surface area contributed by atoms with Gasteiger partial charge in [0.1, 0.15) is 5.75 Å². The predicted octanol–water partition coefficient (Wildman–Crippen LogP) is 3.75. The zero-order valence-corrected chi connectivity index (χ0v) is 14.6. The monoisotopic (exact) mass is 365 g/mol. The molecule has 0 radical (unpaired) electrons. The number of hydrazine groups is 1. The molecule has 2 aromatic rings. The number of anilines is 1. The maximum atomic E-state index is 13.6. The molecule has 0 atom stereocenters. The first kappa shape index (κ1) is 18.5.